The summed E-state index contributed by atoms with van der Waals surface area (Å²) in [7, 11) is 0. The number of rotatable bonds is 3. The SMILES string of the molecule is Nc1nccnc1OCc1cccs1. The second-order valence-corrected chi connectivity index (χ2v) is 3.65. The number of nitrogens with zero attached hydrogens (tertiary/aromatic N) is 2. The van der Waals surface area contributed by atoms with Crippen LogP contribution in [0.4, 0.5) is 5.82 Å². The Balaban J connectivity index is 2.02. The Kier molecular flexibility index (Phi) is 2.60. The van der Waals surface area contributed by atoms with Crippen molar-refractivity contribution in [3.63, 3.8) is 0 Å². The van der Waals surface area contributed by atoms with Crippen molar-refractivity contribution >= 4 is 17.2 Å². The summed E-state index contributed by atoms with van der Waals surface area (Å²) in [6.45, 7) is 0.487. The van der Waals surface area contributed by atoms with Gasteiger partial charge in [0.05, 0.1) is 0 Å². The van der Waals surface area contributed by atoms with E-state index in [-0.39, 0.29) is 0 Å². The third-order valence-electron chi connectivity index (χ3n) is 1.62. The van der Waals surface area contributed by atoms with E-state index in [2.05, 4.69) is 9.97 Å². The number of aromatic nitrogens is 2. The lowest BCUT2D eigenvalue weighted by atomic mass is 10.5. The molecule has 0 saturated heterocycles. The molecule has 0 spiro atoms. The van der Waals surface area contributed by atoms with Crippen molar-refractivity contribution in [2.45, 2.75) is 6.61 Å². The molecule has 0 aliphatic rings. The first-order valence-electron chi connectivity index (χ1n) is 4.08. The molecule has 0 aliphatic heterocycles. The summed E-state index contributed by atoms with van der Waals surface area (Å²) in [6.07, 6.45) is 3.09. The third kappa shape index (κ3) is 2.00. The monoisotopic (exact) mass is 207 g/mol. The van der Waals surface area contributed by atoms with Gasteiger partial charge in [-0.3, -0.25) is 0 Å². The minimum Gasteiger partial charge on any atom is -0.469 e. The van der Waals surface area contributed by atoms with Crippen LogP contribution in [-0.2, 0) is 6.61 Å². The number of hydrogen-bond donors (Lipinski definition) is 1. The van der Waals surface area contributed by atoms with E-state index in [9.17, 15) is 0 Å². The number of ether oxygens (including phenoxy) is 1. The van der Waals surface area contributed by atoms with E-state index in [4.69, 9.17) is 10.5 Å². The Morgan fingerprint density at radius 1 is 1.36 bits per heavy atom. The third-order valence-corrected chi connectivity index (χ3v) is 2.47. The summed E-state index contributed by atoms with van der Waals surface area (Å²) in [5, 5.41) is 2.00. The maximum Gasteiger partial charge on any atom is 0.257 e. The Hall–Kier alpha value is -1.62. The highest BCUT2D eigenvalue weighted by Crippen LogP contribution is 2.16. The van der Waals surface area contributed by atoms with Gasteiger partial charge in [0.2, 0.25) is 0 Å². The fourth-order valence-electron chi connectivity index (χ4n) is 0.981. The zero-order chi connectivity index (χ0) is 9.80. The first kappa shape index (κ1) is 8.96. The quantitative estimate of drug-likeness (QED) is 0.832. The molecular formula is C9H9N3OS. The first-order valence-corrected chi connectivity index (χ1v) is 4.96. The van der Waals surface area contributed by atoms with E-state index < -0.39 is 0 Å². The average Bonchev–Trinajstić information content (AvgIpc) is 2.69. The van der Waals surface area contributed by atoms with Crippen LogP contribution in [0.15, 0.2) is 29.9 Å². The van der Waals surface area contributed by atoms with Gasteiger partial charge < -0.3 is 10.5 Å². The van der Waals surface area contributed by atoms with Crippen molar-refractivity contribution in [3.05, 3.63) is 34.8 Å². The normalized spacial score (nSPS) is 10.0. The van der Waals surface area contributed by atoms with E-state index in [1.165, 1.54) is 6.20 Å². The van der Waals surface area contributed by atoms with E-state index >= 15 is 0 Å². The van der Waals surface area contributed by atoms with Gasteiger partial charge in [-0.15, -0.1) is 11.3 Å². The van der Waals surface area contributed by atoms with Crippen molar-refractivity contribution in [3.8, 4) is 5.88 Å². The van der Waals surface area contributed by atoms with Gasteiger partial charge in [0.15, 0.2) is 5.82 Å². The Labute approximate surface area is 85.4 Å². The highest BCUT2D eigenvalue weighted by Gasteiger charge is 2.02. The molecule has 0 bridgehead atoms. The van der Waals surface area contributed by atoms with Crippen LogP contribution in [-0.4, -0.2) is 9.97 Å². The fourth-order valence-corrected chi connectivity index (χ4v) is 1.60. The molecular weight excluding hydrogens is 198 g/mol. The Bertz CT molecular complexity index is 402. The zero-order valence-corrected chi connectivity index (χ0v) is 8.20. The highest BCUT2D eigenvalue weighted by atomic mass is 32.1. The molecule has 4 nitrogen and oxygen atoms in total. The maximum absolute atomic E-state index is 5.56. The standard InChI is InChI=1S/C9H9N3OS/c10-8-9(12-4-3-11-8)13-6-7-2-1-5-14-7/h1-5H,6H2,(H2,10,11). The lowest BCUT2D eigenvalue weighted by Gasteiger charge is -2.04. The summed E-state index contributed by atoms with van der Waals surface area (Å²) in [4.78, 5) is 8.98. The van der Waals surface area contributed by atoms with Crippen LogP contribution in [0.2, 0.25) is 0 Å². The lowest BCUT2D eigenvalue weighted by molar-refractivity contribution is 0.298. The van der Waals surface area contributed by atoms with Crippen LogP contribution in [0.3, 0.4) is 0 Å². The molecule has 0 fully saturated rings. The Morgan fingerprint density at radius 2 is 2.21 bits per heavy atom. The number of hydrogen-bond acceptors (Lipinski definition) is 5. The lowest BCUT2D eigenvalue weighted by Crippen LogP contribution is -2.00. The van der Waals surface area contributed by atoms with Gasteiger partial charge in [0, 0.05) is 17.3 Å². The van der Waals surface area contributed by atoms with Crippen LogP contribution in [0.1, 0.15) is 4.88 Å². The number of nitrogens with two attached hydrogens (primary N) is 1. The van der Waals surface area contributed by atoms with Gasteiger partial charge >= 0.3 is 0 Å². The van der Waals surface area contributed by atoms with Crippen molar-refractivity contribution in [2.24, 2.45) is 0 Å². The second-order valence-electron chi connectivity index (χ2n) is 2.61. The van der Waals surface area contributed by atoms with Crippen molar-refractivity contribution in [2.75, 3.05) is 5.73 Å². The van der Waals surface area contributed by atoms with Gasteiger partial charge in [-0.25, -0.2) is 9.97 Å². The molecule has 0 aliphatic carbocycles. The van der Waals surface area contributed by atoms with E-state index in [1.54, 1.807) is 17.5 Å². The average molecular weight is 207 g/mol. The molecule has 14 heavy (non-hydrogen) atoms. The number of thiophene rings is 1. The van der Waals surface area contributed by atoms with Crippen LogP contribution in [0.25, 0.3) is 0 Å². The van der Waals surface area contributed by atoms with E-state index in [1.807, 2.05) is 17.5 Å². The molecule has 0 saturated carbocycles. The summed E-state index contributed by atoms with van der Waals surface area (Å²) >= 11 is 1.63. The topological polar surface area (TPSA) is 61.0 Å². The molecule has 0 radical (unpaired) electrons. The van der Waals surface area contributed by atoms with Crippen LogP contribution >= 0.6 is 11.3 Å². The minimum atomic E-state index is 0.323. The van der Waals surface area contributed by atoms with Gasteiger partial charge in [-0.05, 0) is 11.4 Å². The van der Waals surface area contributed by atoms with E-state index in [0.29, 0.717) is 18.3 Å². The molecule has 2 aromatic rings. The molecule has 2 rings (SSSR count). The van der Waals surface area contributed by atoms with Crippen molar-refractivity contribution in [1.29, 1.82) is 0 Å². The summed E-state index contributed by atoms with van der Waals surface area (Å²) in [6, 6.07) is 3.97. The molecule has 0 atom stereocenters. The highest BCUT2D eigenvalue weighted by molar-refractivity contribution is 7.09. The minimum absolute atomic E-state index is 0.323. The fraction of sp³-hybridized carbons (Fsp3) is 0.111. The van der Waals surface area contributed by atoms with Gasteiger partial charge in [0.25, 0.3) is 5.88 Å². The zero-order valence-electron chi connectivity index (χ0n) is 7.38. The molecule has 0 aromatic carbocycles. The maximum atomic E-state index is 5.56. The number of anilines is 1. The first-order chi connectivity index (χ1) is 6.86. The molecule has 2 N–H and O–H groups in total. The smallest absolute Gasteiger partial charge is 0.257 e. The van der Waals surface area contributed by atoms with Crippen LogP contribution in [0, 0.1) is 0 Å². The number of nitrogen functional groups attached to an aromatic ring is 1. The molecule has 72 valence electrons. The summed E-state index contributed by atoms with van der Waals surface area (Å²) < 4.78 is 5.39. The molecule has 2 heterocycles. The van der Waals surface area contributed by atoms with Crippen molar-refractivity contribution in [1.82, 2.24) is 9.97 Å². The molecule has 2 aromatic heterocycles. The van der Waals surface area contributed by atoms with Gasteiger partial charge in [0.1, 0.15) is 6.61 Å². The summed E-state index contributed by atoms with van der Waals surface area (Å²) in [5.41, 5.74) is 5.56. The second kappa shape index (κ2) is 4.06. The van der Waals surface area contributed by atoms with E-state index in [0.717, 1.165) is 4.88 Å². The largest absolute Gasteiger partial charge is 0.469 e. The molecule has 0 amide bonds. The predicted molar refractivity (Wildman–Crippen MR) is 55.1 cm³/mol. The van der Waals surface area contributed by atoms with Gasteiger partial charge in [-0.1, -0.05) is 6.07 Å². The van der Waals surface area contributed by atoms with Crippen molar-refractivity contribution < 1.29 is 4.74 Å². The predicted octanol–water partition coefficient (Wildman–Crippen LogP) is 1.70. The molecule has 0 unspecified atom stereocenters. The summed E-state index contributed by atoms with van der Waals surface area (Å²) in [5.74, 6) is 0.713. The van der Waals surface area contributed by atoms with Crippen LogP contribution < -0.4 is 10.5 Å². The van der Waals surface area contributed by atoms with Gasteiger partial charge in [-0.2, -0.15) is 0 Å². The Morgan fingerprint density at radius 3 is 2.93 bits per heavy atom. The van der Waals surface area contributed by atoms with Crippen LogP contribution in [0.5, 0.6) is 5.88 Å². The molecule has 5 heteroatoms.